The van der Waals surface area contributed by atoms with Crippen LogP contribution in [-0.4, -0.2) is 49.3 Å². The molecule has 0 aliphatic heterocycles. The molecule has 21 heavy (non-hydrogen) atoms. The van der Waals surface area contributed by atoms with E-state index in [4.69, 9.17) is 0 Å². The van der Waals surface area contributed by atoms with Gasteiger partial charge in [0.25, 0.3) is 0 Å². The van der Waals surface area contributed by atoms with E-state index in [-0.39, 0.29) is 6.03 Å². The molecule has 0 bridgehead atoms. The standard InChI is InChI=1S/C13H21N7O/c1-4-20-10-12(16-17-20)15-13(21)18(2)7-5-6-11-8-14-19(3)9-11/h8-10H,4-7H2,1-3H3,(H,15,21). The van der Waals surface area contributed by atoms with Crippen LogP contribution in [0.3, 0.4) is 0 Å². The zero-order valence-electron chi connectivity index (χ0n) is 12.7. The summed E-state index contributed by atoms with van der Waals surface area (Å²) in [6, 6.07) is -0.177. The Morgan fingerprint density at radius 2 is 2.24 bits per heavy atom. The molecule has 0 saturated heterocycles. The highest BCUT2D eigenvalue weighted by Gasteiger charge is 2.10. The predicted molar refractivity (Wildman–Crippen MR) is 78.9 cm³/mol. The number of aryl methyl sites for hydroxylation is 3. The van der Waals surface area contributed by atoms with Crippen LogP contribution < -0.4 is 5.32 Å². The maximum absolute atomic E-state index is 12.0. The molecule has 1 N–H and O–H groups in total. The first-order valence-corrected chi connectivity index (χ1v) is 6.98. The van der Waals surface area contributed by atoms with E-state index < -0.39 is 0 Å². The average Bonchev–Trinajstić information content (AvgIpc) is 3.07. The Hall–Kier alpha value is -2.38. The van der Waals surface area contributed by atoms with Gasteiger partial charge in [-0.15, -0.1) is 5.10 Å². The quantitative estimate of drug-likeness (QED) is 0.865. The molecule has 2 aromatic rings. The molecule has 0 aliphatic rings. The Morgan fingerprint density at radius 3 is 2.86 bits per heavy atom. The molecule has 2 aromatic heterocycles. The highest BCUT2D eigenvalue weighted by atomic mass is 16.2. The van der Waals surface area contributed by atoms with Crippen LogP contribution in [0.15, 0.2) is 18.6 Å². The largest absolute Gasteiger partial charge is 0.328 e. The normalized spacial score (nSPS) is 10.6. The molecule has 0 radical (unpaired) electrons. The Kier molecular flexibility index (Phi) is 4.91. The number of aromatic nitrogens is 5. The van der Waals surface area contributed by atoms with E-state index in [0.717, 1.165) is 19.4 Å². The second kappa shape index (κ2) is 6.87. The van der Waals surface area contributed by atoms with E-state index in [1.54, 1.807) is 27.5 Å². The number of hydrogen-bond donors (Lipinski definition) is 1. The topological polar surface area (TPSA) is 80.9 Å². The third kappa shape index (κ3) is 4.30. The highest BCUT2D eigenvalue weighted by molar-refractivity contribution is 5.87. The van der Waals surface area contributed by atoms with Crippen LogP contribution in [0, 0.1) is 0 Å². The first-order valence-electron chi connectivity index (χ1n) is 6.98. The summed E-state index contributed by atoms with van der Waals surface area (Å²) in [5.41, 5.74) is 1.18. The molecule has 0 aromatic carbocycles. The van der Waals surface area contributed by atoms with Crippen molar-refractivity contribution < 1.29 is 4.79 Å². The molecule has 0 unspecified atom stereocenters. The lowest BCUT2D eigenvalue weighted by Gasteiger charge is -2.16. The molecule has 8 heteroatoms. The number of nitrogens with zero attached hydrogens (tertiary/aromatic N) is 6. The summed E-state index contributed by atoms with van der Waals surface area (Å²) in [5.74, 6) is 0.473. The zero-order valence-corrected chi connectivity index (χ0v) is 12.7. The maximum Gasteiger partial charge on any atom is 0.322 e. The number of carbonyl (C=O) groups is 1. The van der Waals surface area contributed by atoms with Gasteiger partial charge in [-0.2, -0.15) is 5.10 Å². The number of amides is 2. The molecular weight excluding hydrogens is 270 g/mol. The van der Waals surface area contributed by atoms with Crippen molar-refractivity contribution in [3.8, 4) is 0 Å². The summed E-state index contributed by atoms with van der Waals surface area (Å²) in [5, 5.41) is 14.6. The maximum atomic E-state index is 12.0. The number of anilines is 1. The van der Waals surface area contributed by atoms with Crippen molar-refractivity contribution in [2.75, 3.05) is 18.9 Å². The smallest absolute Gasteiger partial charge is 0.322 e. The molecule has 114 valence electrons. The van der Waals surface area contributed by atoms with E-state index in [1.807, 2.05) is 26.4 Å². The van der Waals surface area contributed by atoms with Crippen LogP contribution in [0.4, 0.5) is 10.6 Å². The van der Waals surface area contributed by atoms with Crippen molar-refractivity contribution in [2.45, 2.75) is 26.3 Å². The van der Waals surface area contributed by atoms with Gasteiger partial charge in [0, 0.05) is 33.4 Å². The summed E-state index contributed by atoms with van der Waals surface area (Å²) >= 11 is 0. The van der Waals surface area contributed by atoms with Crippen molar-refractivity contribution in [2.24, 2.45) is 7.05 Å². The van der Waals surface area contributed by atoms with Gasteiger partial charge >= 0.3 is 6.03 Å². The molecule has 0 fully saturated rings. The SMILES string of the molecule is CCn1cc(NC(=O)N(C)CCCc2cnn(C)c2)nn1. The number of carbonyl (C=O) groups excluding carboxylic acids is 1. The average molecular weight is 291 g/mol. The minimum Gasteiger partial charge on any atom is -0.328 e. The Bertz CT molecular complexity index is 589. The van der Waals surface area contributed by atoms with Gasteiger partial charge in [-0.25, -0.2) is 4.79 Å². The van der Waals surface area contributed by atoms with Crippen molar-refractivity contribution in [3.05, 3.63) is 24.2 Å². The molecule has 2 rings (SSSR count). The van der Waals surface area contributed by atoms with E-state index in [9.17, 15) is 4.79 Å². The highest BCUT2D eigenvalue weighted by Crippen LogP contribution is 2.04. The van der Waals surface area contributed by atoms with Crippen LogP contribution >= 0.6 is 0 Å². The zero-order chi connectivity index (χ0) is 15.2. The van der Waals surface area contributed by atoms with E-state index in [1.165, 1.54) is 5.56 Å². The fraction of sp³-hybridized carbons (Fsp3) is 0.538. The van der Waals surface area contributed by atoms with Crippen LogP contribution in [0.25, 0.3) is 0 Å². The summed E-state index contributed by atoms with van der Waals surface area (Å²) in [4.78, 5) is 13.6. The number of rotatable bonds is 6. The van der Waals surface area contributed by atoms with Crippen molar-refractivity contribution in [1.82, 2.24) is 29.7 Å². The van der Waals surface area contributed by atoms with Gasteiger partial charge in [-0.05, 0) is 25.3 Å². The third-order valence-corrected chi connectivity index (χ3v) is 3.16. The molecule has 0 aliphatic carbocycles. The van der Waals surface area contributed by atoms with Gasteiger partial charge in [0.05, 0.1) is 12.4 Å². The lowest BCUT2D eigenvalue weighted by atomic mass is 10.2. The van der Waals surface area contributed by atoms with Gasteiger partial charge in [0.15, 0.2) is 5.82 Å². The Balaban J connectivity index is 1.74. The molecular formula is C13H21N7O. The van der Waals surface area contributed by atoms with Crippen molar-refractivity contribution >= 4 is 11.8 Å². The number of urea groups is 1. The molecule has 0 atom stereocenters. The second-order valence-electron chi connectivity index (χ2n) is 4.94. The Labute approximate surface area is 123 Å². The molecule has 2 heterocycles. The van der Waals surface area contributed by atoms with Gasteiger partial charge in [0.2, 0.25) is 0 Å². The van der Waals surface area contributed by atoms with Crippen molar-refractivity contribution in [3.63, 3.8) is 0 Å². The molecule has 0 spiro atoms. The van der Waals surface area contributed by atoms with Gasteiger partial charge < -0.3 is 4.90 Å². The van der Waals surface area contributed by atoms with E-state index in [0.29, 0.717) is 12.4 Å². The van der Waals surface area contributed by atoms with E-state index >= 15 is 0 Å². The fourth-order valence-corrected chi connectivity index (χ4v) is 1.94. The van der Waals surface area contributed by atoms with Gasteiger partial charge in [-0.3, -0.25) is 14.7 Å². The summed E-state index contributed by atoms with van der Waals surface area (Å²) in [6.45, 7) is 3.36. The van der Waals surface area contributed by atoms with Crippen LogP contribution in [0.1, 0.15) is 18.9 Å². The van der Waals surface area contributed by atoms with E-state index in [2.05, 4.69) is 20.7 Å². The Morgan fingerprint density at radius 1 is 1.43 bits per heavy atom. The third-order valence-electron chi connectivity index (χ3n) is 3.16. The molecule has 2 amide bonds. The summed E-state index contributed by atoms with van der Waals surface area (Å²) < 4.78 is 3.45. The first kappa shape index (κ1) is 15.0. The fourth-order valence-electron chi connectivity index (χ4n) is 1.94. The van der Waals surface area contributed by atoms with Crippen LogP contribution in [0.2, 0.25) is 0 Å². The van der Waals surface area contributed by atoms with Gasteiger partial charge in [-0.1, -0.05) is 5.21 Å². The summed E-state index contributed by atoms with van der Waals surface area (Å²) in [6.07, 6.45) is 7.34. The molecule has 0 saturated carbocycles. The lowest BCUT2D eigenvalue weighted by Crippen LogP contribution is -2.32. The second-order valence-corrected chi connectivity index (χ2v) is 4.94. The van der Waals surface area contributed by atoms with Crippen molar-refractivity contribution in [1.29, 1.82) is 0 Å². The van der Waals surface area contributed by atoms with Crippen LogP contribution in [0.5, 0.6) is 0 Å². The minimum atomic E-state index is -0.177. The lowest BCUT2D eigenvalue weighted by molar-refractivity contribution is 0.222. The monoisotopic (exact) mass is 291 g/mol. The van der Waals surface area contributed by atoms with Gasteiger partial charge in [0.1, 0.15) is 0 Å². The number of nitrogens with one attached hydrogen (secondary N) is 1. The summed E-state index contributed by atoms with van der Waals surface area (Å²) in [7, 11) is 3.66. The molecule has 8 nitrogen and oxygen atoms in total. The first-order chi connectivity index (χ1) is 10.1. The van der Waals surface area contributed by atoms with Crippen LogP contribution in [-0.2, 0) is 20.0 Å². The minimum absolute atomic E-state index is 0.177. The predicted octanol–water partition coefficient (Wildman–Crippen LogP) is 1.13. The number of hydrogen-bond acceptors (Lipinski definition) is 4.